The second-order valence-electron chi connectivity index (χ2n) is 6.49. The summed E-state index contributed by atoms with van der Waals surface area (Å²) in [5.41, 5.74) is 4.37. The van der Waals surface area contributed by atoms with Crippen LogP contribution in [0.4, 0.5) is 0 Å². The van der Waals surface area contributed by atoms with Crippen LogP contribution in [0.25, 0.3) is 0 Å². The van der Waals surface area contributed by atoms with Gasteiger partial charge in [-0.25, -0.2) is 0 Å². The summed E-state index contributed by atoms with van der Waals surface area (Å²) >= 11 is 0. The highest BCUT2D eigenvalue weighted by Crippen LogP contribution is 2.43. The molecule has 4 nitrogen and oxygen atoms in total. The van der Waals surface area contributed by atoms with Crippen LogP contribution >= 0.6 is 0 Å². The molecular formula is C15H26N2O2. The van der Waals surface area contributed by atoms with E-state index in [1.165, 1.54) is 12.8 Å². The number of rotatable bonds is 5. The van der Waals surface area contributed by atoms with E-state index in [1.807, 2.05) is 6.07 Å². The molecule has 0 spiro atoms. The van der Waals surface area contributed by atoms with E-state index in [2.05, 4.69) is 19.3 Å². The van der Waals surface area contributed by atoms with Crippen molar-refractivity contribution < 1.29 is 9.15 Å². The smallest absolute Gasteiger partial charge is 0.0935 e. The topological polar surface area (TPSA) is 60.4 Å². The van der Waals surface area contributed by atoms with Crippen LogP contribution in [0.5, 0.6) is 0 Å². The molecule has 1 saturated carbocycles. The maximum absolute atomic E-state index is 5.90. The molecule has 108 valence electrons. The first kappa shape index (κ1) is 14.6. The maximum atomic E-state index is 5.90. The van der Waals surface area contributed by atoms with E-state index >= 15 is 0 Å². The van der Waals surface area contributed by atoms with Gasteiger partial charge in [0.25, 0.3) is 0 Å². The molecule has 1 atom stereocenters. The van der Waals surface area contributed by atoms with Gasteiger partial charge in [0.05, 0.1) is 24.2 Å². The molecule has 1 aromatic rings. The molecule has 0 aliphatic heterocycles. The van der Waals surface area contributed by atoms with Gasteiger partial charge in [0.1, 0.15) is 0 Å². The Bertz CT molecular complexity index is 377. The summed E-state index contributed by atoms with van der Waals surface area (Å²) in [4.78, 5) is 0. The van der Waals surface area contributed by atoms with Crippen molar-refractivity contribution in [2.24, 2.45) is 11.3 Å². The number of nitrogens with two attached hydrogens (primary N) is 1. The number of furan rings is 1. The zero-order valence-electron chi connectivity index (χ0n) is 12.2. The molecule has 0 amide bonds. The Morgan fingerprint density at radius 2 is 2.05 bits per heavy atom. The first-order valence-electron chi connectivity index (χ1n) is 7.04. The highest BCUT2D eigenvalue weighted by atomic mass is 16.5. The van der Waals surface area contributed by atoms with Gasteiger partial charge < -0.3 is 9.15 Å². The van der Waals surface area contributed by atoms with Crippen LogP contribution in [-0.4, -0.2) is 18.8 Å². The van der Waals surface area contributed by atoms with Crippen molar-refractivity contribution in [1.82, 2.24) is 5.43 Å². The molecule has 19 heavy (non-hydrogen) atoms. The van der Waals surface area contributed by atoms with Gasteiger partial charge in [-0.1, -0.05) is 13.8 Å². The molecule has 0 radical (unpaired) electrons. The number of ether oxygens (including phenoxy) is 1. The lowest BCUT2D eigenvalue weighted by atomic mass is 9.68. The van der Waals surface area contributed by atoms with Crippen molar-refractivity contribution in [3.8, 4) is 0 Å². The van der Waals surface area contributed by atoms with E-state index in [9.17, 15) is 0 Å². The van der Waals surface area contributed by atoms with Gasteiger partial charge >= 0.3 is 0 Å². The molecule has 2 rings (SSSR count). The summed E-state index contributed by atoms with van der Waals surface area (Å²) in [6.07, 6.45) is 8.75. The third-order valence-corrected chi connectivity index (χ3v) is 4.71. The fourth-order valence-corrected chi connectivity index (χ4v) is 3.09. The van der Waals surface area contributed by atoms with Crippen molar-refractivity contribution in [1.29, 1.82) is 0 Å². The lowest BCUT2D eigenvalue weighted by Gasteiger charge is -2.46. The molecule has 0 saturated heterocycles. The lowest BCUT2D eigenvalue weighted by Crippen LogP contribution is -2.57. The van der Waals surface area contributed by atoms with Gasteiger partial charge in [0, 0.05) is 7.11 Å². The van der Waals surface area contributed by atoms with Gasteiger partial charge in [0.2, 0.25) is 0 Å². The highest BCUT2D eigenvalue weighted by molar-refractivity contribution is 5.11. The van der Waals surface area contributed by atoms with Crippen LogP contribution in [0, 0.1) is 5.41 Å². The largest absolute Gasteiger partial charge is 0.472 e. The second kappa shape index (κ2) is 5.65. The van der Waals surface area contributed by atoms with E-state index in [4.69, 9.17) is 15.0 Å². The third kappa shape index (κ3) is 3.19. The van der Waals surface area contributed by atoms with E-state index < -0.39 is 0 Å². The molecular weight excluding hydrogens is 240 g/mol. The lowest BCUT2D eigenvalue weighted by molar-refractivity contribution is -0.0862. The summed E-state index contributed by atoms with van der Waals surface area (Å²) < 4.78 is 11.0. The SMILES string of the molecule is COC1(C(Cc2ccoc2)NN)CCC(C)(C)CC1. The van der Waals surface area contributed by atoms with Crippen LogP contribution in [0.15, 0.2) is 23.0 Å². The zero-order valence-corrected chi connectivity index (χ0v) is 12.2. The van der Waals surface area contributed by atoms with Crippen molar-refractivity contribution >= 4 is 0 Å². The van der Waals surface area contributed by atoms with Crippen molar-refractivity contribution in [2.45, 2.75) is 57.6 Å². The normalized spacial score (nSPS) is 23.2. The minimum Gasteiger partial charge on any atom is -0.472 e. The standard InChI is InChI=1S/C15H26N2O2/c1-14(2)5-7-15(18-3,8-6-14)13(17-16)10-12-4-9-19-11-12/h4,9,11,13,17H,5-8,10,16H2,1-3H3. The highest BCUT2D eigenvalue weighted by Gasteiger charge is 2.43. The predicted molar refractivity (Wildman–Crippen MR) is 75.5 cm³/mol. The van der Waals surface area contributed by atoms with Gasteiger partial charge in [0.15, 0.2) is 0 Å². The molecule has 1 fully saturated rings. The molecule has 1 aromatic heterocycles. The number of hydrazine groups is 1. The Kier molecular flexibility index (Phi) is 4.33. The Balaban J connectivity index is 2.10. The van der Waals surface area contributed by atoms with E-state index in [0.29, 0.717) is 5.41 Å². The molecule has 1 heterocycles. The third-order valence-electron chi connectivity index (χ3n) is 4.71. The molecule has 1 aliphatic carbocycles. The van der Waals surface area contributed by atoms with Crippen molar-refractivity contribution in [2.75, 3.05) is 7.11 Å². The van der Waals surface area contributed by atoms with E-state index in [-0.39, 0.29) is 11.6 Å². The Morgan fingerprint density at radius 1 is 1.37 bits per heavy atom. The minimum atomic E-state index is -0.165. The Labute approximate surface area is 115 Å². The van der Waals surface area contributed by atoms with Crippen molar-refractivity contribution in [3.05, 3.63) is 24.2 Å². The first-order valence-corrected chi connectivity index (χ1v) is 7.04. The molecule has 1 unspecified atom stereocenters. The molecule has 0 bridgehead atoms. The number of hydrogen-bond donors (Lipinski definition) is 2. The predicted octanol–water partition coefficient (Wildman–Crippen LogP) is 2.64. The van der Waals surface area contributed by atoms with Crippen LogP contribution in [0.3, 0.4) is 0 Å². The van der Waals surface area contributed by atoms with Crippen LogP contribution < -0.4 is 11.3 Å². The van der Waals surface area contributed by atoms with E-state index in [0.717, 1.165) is 24.8 Å². The molecule has 3 N–H and O–H groups in total. The summed E-state index contributed by atoms with van der Waals surface area (Å²) in [6, 6.07) is 2.10. The fourth-order valence-electron chi connectivity index (χ4n) is 3.09. The Hall–Kier alpha value is -0.840. The van der Waals surface area contributed by atoms with Crippen LogP contribution in [0.1, 0.15) is 45.1 Å². The summed E-state index contributed by atoms with van der Waals surface area (Å²) in [7, 11) is 1.80. The number of methoxy groups -OCH3 is 1. The number of nitrogens with one attached hydrogen (secondary N) is 1. The van der Waals surface area contributed by atoms with E-state index in [1.54, 1.807) is 19.6 Å². The number of hydrogen-bond acceptors (Lipinski definition) is 4. The van der Waals surface area contributed by atoms with Crippen LogP contribution in [-0.2, 0) is 11.2 Å². The zero-order chi connectivity index (χ0) is 13.9. The van der Waals surface area contributed by atoms with Gasteiger partial charge in [-0.3, -0.25) is 11.3 Å². The molecule has 0 aromatic carbocycles. The van der Waals surface area contributed by atoms with Gasteiger partial charge in [-0.05, 0) is 49.1 Å². The summed E-state index contributed by atoms with van der Waals surface area (Å²) in [6.45, 7) is 4.65. The first-order chi connectivity index (χ1) is 9.01. The average molecular weight is 266 g/mol. The average Bonchev–Trinajstić information content (AvgIpc) is 2.90. The van der Waals surface area contributed by atoms with Gasteiger partial charge in [-0.2, -0.15) is 0 Å². The van der Waals surface area contributed by atoms with Crippen molar-refractivity contribution in [3.63, 3.8) is 0 Å². The minimum absolute atomic E-state index is 0.117. The molecule has 1 aliphatic rings. The van der Waals surface area contributed by atoms with Gasteiger partial charge in [-0.15, -0.1) is 0 Å². The van der Waals surface area contributed by atoms with Crippen LogP contribution in [0.2, 0.25) is 0 Å². The maximum Gasteiger partial charge on any atom is 0.0935 e. The summed E-state index contributed by atoms with van der Waals surface area (Å²) in [5.74, 6) is 5.79. The molecule has 4 heteroatoms. The second-order valence-corrected chi connectivity index (χ2v) is 6.49. The Morgan fingerprint density at radius 3 is 2.53 bits per heavy atom. The summed E-state index contributed by atoms with van der Waals surface area (Å²) in [5, 5.41) is 0. The monoisotopic (exact) mass is 266 g/mol. The fraction of sp³-hybridized carbons (Fsp3) is 0.733. The quantitative estimate of drug-likeness (QED) is 0.635.